The minimum absolute atomic E-state index is 0.0649. The van der Waals surface area contributed by atoms with Crippen LogP contribution in [0.15, 0.2) is 11.6 Å². The van der Waals surface area contributed by atoms with Crippen LogP contribution in [0.2, 0.25) is 0 Å². The molecule has 0 aliphatic heterocycles. The molecule has 5 rings (SSSR count). The maximum atomic E-state index is 10.9. The molecule has 10 unspecified atom stereocenters. The Bertz CT molecular complexity index is 779. The molecule has 31 heavy (non-hydrogen) atoms. The first-order valence-electron chi connectivity index (χ1n) is 13.7. The highest BCUT2D eigenvalue weighted by molar-refractivity contribution is 5.33. The van der Waals surface area contributed by atoms with Crippen molar-refractivity contribution in [3.05, 3.63) is 11.6 Å². The van der Waals surface area contributed by atoms with Gasteiger partial charge in [0.05, 0.1) is 6.10 Å². The maximum absolute atomic E-state index is 10.9. The standard InChI is InChI=1S/C30H50O/c1-19-11-14-27(5)17-18-29(7)21(25(27)20(19)2)9-10-23-28(6)15-13-24(31)26(3,4)22(28)12-16-30(23,29)8/h12,19-21,23-25,31H,9-11,13-18H2,1-8H3. The van der Waals surface area contributed by atoms with E-state index in [0.717, 1.165) is 36.0 Å². The molecule has 0 bridgehead atoms. The van der Waals surface area contributed by atoms with Crippen molar-refractivity contribution in [2.45, 2.75) is 119 Å². The molecular weight excluding hydrogens is 376 g/mol. The van der Waals surface area contributed by atoms with Crippen LogP contribution in [0.1, 0.15) is 113 Å². The summed E-state index contributed by atoms with van der Waals surface area (Å²) in [5.41, 5.74) is 3.24. The summed E-state index contributed by atoms with van der Waals surface area (Å²) in [6, 6.07) is 0. The Morgan fingerprint density at radius 1 is 0.806 bits per heavy atom. The van der Waals surface area contributed by atoms with Gasteiger partial charge in [-0.05, 0) is 109 Å². The first-order chi connectivity index (χ1) is 14.3. The zero-order valence-electron chi connectivity index (χ0n) is 21.9. The third-order valence-corrected chi connectivity index (χ3v) is 13.3. The summed E-state index contributed by atoms with van der Waals surface area (Å²) >= 11 is 0. The molecule has 176 valence electrons. The van der Waals surface area contributed by atoms with Crippen molar-refractivity contribution in [1.29, 1.82) is 0 Å². The number of aliphatic hydroxyl groups excluding tert-OH is 1. The van der Waals surface area contributed by atoms with Gasteiger partial charge in [-0.3, -0.25) is 0 Å². The third-order valence-electron chi connectivity index (χ3n) is 13.3. The van der Waals surface area contributed by atoms with Crippen molar-refractivity contribution < 1.29 is 5.11 Å². The number of hydrogen-bond donors (Lipinski definition) is 1. The zero-order chi connectivity index (χ0) is 22.6. The fourth-order valence-electron chi connectivity index (χ4n) is 10.9. The lowest BCUT2D eigenvalue weighted by Gasteiger charge is -2.72. The van der Waals surface area contributed by atoms with Crippen LogP contribution in [-0.4, -0.2) is 11.2 Å². The van der Waals surface area contributed by atoms with Gasteiger partial charge in [-0.25, -0.2) is 0 Å². The van der Waals surface area contributed by atoms with Gasteiger partial charge in [0.1, 0.15) is 0 Å². The number of aliphatic hydroxyl groups is 1. The molecule has 0 radical (unpaired) electrons. The maximum Gasteiger partial charge on any atom is 0.0628 e. The molecule has 0 aromatic carbocycles. The lowest BCUT2D eigenvalue weighted by molar-refractivity contribution is -0.213. The van der Waals surface area contributed by atoms with Gasteiger partial charge in [-0.15, -0.1) is 0 Å². The summed E-state index contributed by atoms with van der Waals surface area (Å²) in [7, 11) is 0. The largest absolute Gasteiger partial charge is 0.392 e. The first-order valence-corrected chi connectivity index (χ1v) is 13.7. The third kappa shape index (κ3) is 2.65. The van der Waals surface area contributed by atoms with E-state index in [2.05, 4.69) is 61.5 Å². The number of fused-ring (bicyclic) bond motifs is 7. The van der Waals surface area contributed by atoms with Crippen molar-refractivity contribution >= 4 is 0 Å². The van der Waals surface area contributed by atoms with Crippen molar-refractivity contribution in [2.75, 3.05) is 0 Å². The molecule has 5 aliphatic carbocycles. The van der Waals surface area contributed by atoms with Gasteiger partial charge in [-0.1, -0.05) is 67.0 Å². The first kappa shape index (κ1) is 22.5. The predicted octanol–water partition coefficient (Wildman–Crippen LogP) is 8.02. The van der Waals surface area contributed by atoms with Gasteiger partial charge < -0.3 is 5.11 Å². The molecule has 0 heterocycles. The molecule has 10 atom stereocenters. The Kier molecular flexibility index (Phi) is 4.82. The Morgan fingerprint density at radius 2 is 1.52 bits per heavy atom. The van der Waals surface area contributed by atoms with Gasteiger partial charge in [-0.2, -0.15) is 0 Å². The Balaban J connectivity index is 1.58. The van der Waals surface area contributed by atoms with E-state index < -0.39 is 0 Å². The number of hydrogen-bond acceptors (Lipinski definition) is 1. The van der Waals surface area contributed by atoms with E-state index in [9.17, 15) is 5.11 Å². The van der Waals surface area contributed by atoms with E-state index >= 15 is 0 Å². The zero-order valence-corrected chi connectivity index (χ0v) is 21.9. The summed E-state index contributed by atoms with van der Waals surface area (Å²) in [4.78, 5) is 0. The molecule has 4 fully saturated rings. The summed E-state index contributed by atoms with van der Waals surface area (Å²) in [5.74, 6) is 4.34. The number of rotatable bonds is 0. The predicted molar refractivity (Wildman–Crippen MR) is 131 cm³/mol. The quantitative estimate of drug-likeness (QED) is 0.389. The summed E-state index contributed by atoms with van der Waals surface area (Å²) in [5, 5.41) is 10.9. The molecule has 0 aromatic rings. The van der Waals surface area contributed by atoms with Crippen LogP contribution in [0.4, 0.5) is 0 Å². The second-order valence-electron chi connectivity index (χ2n) is 14.6. The summed E-state index contributed by atoms with van der Waals surface area (Å²) in [6.07, 6.45) is 14.5. The molecule has 1 nitrogen and oxygen atoms in total. The smallest absolute Gasteiger partial charge is 0.0628 e. The molecule has 0 aromatic heterocycles. The monoisotopic (exact) mass is 426 g/mol. The Morgan fingerprint density at radius 3 is 2.23 bits per heavy atom. The van der Waals surface area contributed by atoms with Crippen LogP contribution in [0, 0.1) is 56.7 Å². The van der Waals surface area contributed by atoms with E-state index in [-0.39, 0.29) is 16.9 Å². The van der Waals surface area contributed by atoms with Crippen LogP contribution in [0.25, 0.3) is 0 Å². The van der Waals surface area contributed by atoms with Crippen molar-refractivity contribution in [2.24, 2.45) is 56.7 Å². The minimum Gasteiger partial charge on any atom is -0.392 e. The minimum atomic E-state index is -0.178. The highest BCUT2D eigenvalue weighted by Gasteiger charge is 2.68. The normalized spacial score (nSPS) is 58.3. The van der Waals surface area contributed by atoms with Crippen LogP contribution >= 0.6 is 0 Å². The van der Waals surface area contributed by atoms with Crippen LogP contribution < -0.4 is 0 Å². The van der Waals surface area contributed by atoms with Gasteiger partial charge in [0.15, 0.2) is 0 Å². The van der Waals surface area contributed by atoms with Gasteiger partial charge in [0.2, 0.25) is 0 Å². The van der Waals surface area contributed by atoms with Crippen molar-refractivity contribution in [3.8, 4) is 0 Å². The van der Waals surface area contributed by atoms with Crippen LogP contribution in [-0.2, 0) is 0 Å². The van der Waals surface area contributed by atoms with Gasteiger partial charge in [0.25, 0.3) is 0 Å². The van der Waals surface area contributed by atoms with Gasteiger partial charge >= 0.3 is 0 Å². The molecule has 1 N–H and O–H groups in total. The average molecular weight is 427 g/mol. The highest BCUT2D eigenvalue weighted by Crippen LogP contribution is 2.75. The van der Waals surface area contributed by atoms with E-state index in [4.69, 9.17) is 0 Å². The average Bonchev–Trinajstić information content (AvgIpc) is 2.69. The van der Waals surface area contributed by atoms with E-state index in [1.807, 2.05) is 0 Å². The second-order valence-corrected chi connectivity index (χ2v) is 14.6. The molecule has 0 amide bonds. The molecule has 0 saturated heterocycles. The van der Waals surface area contributed by atoms with Gasteiger partial charge in [0, 0.05) is 5.41 Å². The SMILES string of the molecule is CC1CCC2(C)CCC3(C)C(CCC4C5(C)CCC(O)C(C)(C)C5=CCC43C)C2C1C. The van der Waals surface area contributed by atoms with E-state index in [1.165, 1.54) is 51.4 Å². The van der Waals surface area contributed by atoms with E-state index in [1.54, 1.807) is 5.57 Å². The topological polar surface area (TPSA) is 20.2 Å². The molecule has 5 aliphatic rings. The lowest BCUT2D eigenvalue weighted by atomic mass is 9.33. The van der Waals surface area contributed by atoms with Crippen molar-refractivity contribution in [1.82, 2.24) is 0 Å². The second kappa shape index (κ2) is 6.64. The number of allylic oxidation sites excluding steroid dienone is 1. The Hall–Kier alpha value is -0.300. The molecule has 1 heteroatoms. The fourth-order valence-corrected chi connectivity index (χ4v) is 10.9. The molecule has 0 spiro atoms. The lowest BCUT2D eigenvalue weighted by Crippen LogP contribution is -2.65. The van der Waals surface area contributed by atoms with E-state index in [0.29, 0.717) is 16.2 Å². The van der Waals surface area contributed by atoms with Crippen LogP contribution in [0.3, 0.4) is 0 Å². The molecular formula is C30H50O. The summed E-state index contributed by atoms with van der Waals surface area (Å²) in [6.45, 7) is 20.5. The van der Waals surface area contributed by atoms with Crippen molar-refractivity contribution in [3.63, 3.8) is 0 Å². The fraction of sp³-hybridized carbons (Fsp3) is 0.933. The summed E-state index contributed by atoms with van der Waals surface area (Å²) < 4.78 is 0. The van der Waals surface area contributed by atoms with Crippen LogP contribution in [0.5, 0.6) is 0 Å². The Labute approximate surface area is 192 Å². The molecule has 4 saturated carbocycles. The highest BCUT2D eigenvalue weighted by atomic mass is 16.3.